The maximum Gasteiger partial charge on any atom is 0.408 e. The standard InChI is InChI=1S/C18H24ClN3O4/c1-18(2,3)26-17(25)20-12-15(23)21-7-9-22(10-8-21)16(24)13-5-4-6-14(19)11-13/h4-6,11H,7-10,12H2,1-3H3,(H,20,25). The van der Waals surface area contributed by atoms with Gasteiger partial charge in [0.1, 0.15) is 12.1 Å². The maximum atomic E-state index is 12.5. The molecule has 2 rings (SSSR count). The first-order valence-electron chi connectivity index (χ1n) is 8.45. The van der Waals surface area contributed by atoms with Gasteiger partial charge in [-0.2, -0.15) is 0 Å². The predicted molar refractivity (Wildman–Crippen MR) is 98.2 cm³/mol. The molecule has 1 fully saturated rings. The average Bonchev–Trinajstić information content (AvgIpc) is 2.57. The fourth-order valence-corrected chi connectivity index (χ4v) is 2.73. The van der Waals surface area contributed by atoms with E-state index in [4.69, 9.17) is 16.3 Å². The van der Waals surface area contributed by atoms with Crippen LogP contribution in [0.2, 0.25) is 5.02 Å². The first-order valence-corrected chi connectivity index (χ1v) is 8.83. The molecule has 1 aromatic rings. The molecule has 1 aliphatic rings. The van der Waals surface area contributed by atoms with E-state index >= 15 is 0 Å². The zero-order valence-electron chi connectivity index (χ0n) is 15.3. The third-order valence-electron chi connectivity index (χ3n) is 3.77. The Morgan fingerprint density at radius 3 is 2.31 bits per heavy atom. The lowest BCUT2D eigenvalue weighted by molar-refractivity contribution is -0.131. The number of carbonyl (C=O) groups is 3. The van der Waals surface area contributed by atoms with Gasteiger partial charge in [-0.15, -0.1) is 0 Å². The van der Waals surface area contributed by atoms with Gasteiger partial charge >= 0.3 is 6.09 Å². The van der Waals surface area contributed by atoms with Crippen LogP contribution in [-0.4, -0.2) is 66.0 Å². The Morgan fingerprint density at radius 1 is 1.12 bits per heavy atom. The number of ether oxygens (including phenoxy) is 1. The number of nitrogens with zero attached hydrogens (tertiary/aromatic N) is 2. The molecule has 0 aliphatic carbocycles. The van der Waals surface area contributed by atoms with Crippen LogP contribution in [0.3, 0.4) is 0 Å². The highest BCUT2D eigenvalue weighted by molar-refractivity contribution is 6.30. The molecule has 1 aromatic carbocycles. The van der Waals surface area contributed by atoms with E-state index < -0.39 is 11.7 Å². The van der Waals surface area contributed by atoms with Crippen LogP contribution in [0.4, 0.5) is 4.79 Å². The lowest BCUT2D eigenvalue weighted by atomic mass is 10.2. The number of hydrogen-bond donors (Lipinski definition) is 1. The zero-order valence-corrected chi connectivity index (χ0v) is 16.0. The molecule has 0 aromatic heterocycles. The van der Waals surface area contributed by atoms with Crippen LogP contribution in [0.25, 0.3) is 0 Å². The van der Waals surface area contributed by atoms with E-state index in [1.807, 2.05) is 0 Å². The number of rotatable bonds is 3. The molecule has 26 heavy (non-hydrogen) atoms. The summed E-state index contributed by atoms with van der Waals surface area (Å²) in [5.74, 6) is -0.308. The lowest BCUT2D eigenvalue weighted by Gasteiger charge is -2.35. The highest BCUT2D eigenvalue weighted by atomic mass is 35.5. The van der Waals surface area contributed by atoms with Crippen molar-refractivity contribution in [3.8, 4) is 0 Å². The van der Waals surface area contributed by atoms with Crippen LogP contribution in [0, 0.1) is 0 Å². The molecule has 142 valence electrons. The van der Waals surface area contributed by atoms with E-state index in [9.17, 15) is 14.4 Å². The molecule has 1 heterocycles. The Balaban J connectivity index is 1.79. The van der Waals surface area contributed by atoms with Crippen LogP contribution in [-0.2, 0) is 9.53 Å². The number of alkyl carbamates (subject to hydrolysis) is 1. The van der Waals surface area contributed by atoms with Gasteiger partial charge in [-0.3, -0.25) is 9.59 Å². The second-order valence-corrected chi connectivity index (χ2v) is 7.48. The Hall–Kier alpha value is -2.28. The number of benzene rings is 1. The van der Waals surface area contributed by atoms with Gasteiger partial charge in [-0.05, 0) is 39.0 Å². The SMILES string of the molecule is CC(C)(C)OC(=O)NCC(=O)N1CCN(C(=O)c2cccc(Cl)c2)CC1. The van der Waals surface area contributed by atoms with Crippen LogP contribution in [0.1, 0.15) is 31.1 Å². The normalized spacial score (nSPS) is 14.8. The average molecular weight is 382 g/mol. The summed E-state index contributed by atoms with van der Waals surface area (Å²) in [7, 11) is 0. The molecule has 8 heteroatoms. The molecular weight excluding hydrogens is 358 g/mol. The van der Waals surface area contributed by atoms with Gasteiger partial charge in [0, 0.05) is 36.8 Å². The molecule has 1 saturated heterocycles. The summed E-state index contributed by atoms with van der Waals surface area (Å²) in [6.45, 7) is 6.84. The lowest BCUT2D eigenvalue weighted by Crippen LogP contribution is -2.52. The largest absolute Gasteiger partial charge is 0.444 e. The third kappa shape index (κ3) is 5.91. The summed E-state index contributed by atoms with van der Waals surface area (Å²) in [5.41, 5.74) is -0.0803. The molecule has 0 atom stereocenters. The van der Waals surface area contributed by atoms with Gasteiger partial charge in [-0.25, -0.2) is 4.79 Å². The van der Waals surface area contributed by atoms with Crippen LogP contribution < -0.4 is 5.32 Å². The molecule has 7 nitrogen and oxygen atoms in total. The smallest absolute Gasteiger partial charge is 0.408 e. The highest BCUT2D eigenvalue weighted by Gasteiger charge is 2.25. The minimum Gasteiger partial charge on any atom is -0.444 e. The van der Waals surface area contributed by atoms with Crippen LogP contribution in [0.5, 0.6) is 0 Å². The van der Waals surface area contributed by atoms with Crippen molar-refractivity contribution in [2.45, 2.75) is 26.4 Å². The van der Waals surface area contributed by atoms with Crippen molar-refractivity contribution in [2.24, 2.45) is 0 Å². The van der Waals surface area contributed by atoms with E-state index in [1.54, 1.807) is 54.8 Å². The zero-order chi connectivity index (χ0) is 19.3. The van der Waals surface area contributed by atoms with Crippen molar-refractivity contribution in [2.75, 3.05) is 32.7 Å². The summed E-state index contributed by atoms with van der Waals surface area (Å²) in [5, 5.41) is 2.97. The van der Waals surface area contributed by atoms with Gasteiger partial charge < -0.3 is 19.9 Å². The number of halogens is 1. The Morgan fingerprint density at radius 2 is 1.73 bits per heavy atom. The fourth-order valence-electron chi connectivity index (χ4n) is 2.54. The van der Waals surface area contributed by atoms with E-state index in [-0.39, 0.29) is 18.4 Å². The van der Waals surface area contributed by atoms with Crippen LogP contribution >= 0.6 is 11.6 Å². The molecule has 0 radical (unpaired) electrons. The van der Waals surface area contributed by atoms with Crippen molar-refractivity contribution in [1.29, 1.82) is 0 Å². The number of piperazine rings is 1. The molecule has 0 spiro atoms. The molecular formula is C18H24ClN3O4. The third-order valence-corrected chi connectivity index (χ3v) is 4.01. The van der Waals surface area contributed by atoms with Crippen molar-refractivity contribution in [3.05, 3.63) is 34.9 Å². The summed E-state index contributed by atoms with van der Waals surface area (Å²) in [6, 6.07) is 6.80. The molecule has 0 saturated carbocycles. The highest BCUT2D eigenvalue weighted by Crippen LogP contribution is 2.14. The van der Waals surface area contributed by atoms with E-state index in [2.05, 4.69) is 5.32 Å². The topological polar surface area (TPSA) is 79.0 Å². The summed E-state index contributed by atoms with van der Waals surface area (Å²) in [6.07, 6.45) is -0.624. The Bertz CT molecular complexity index is 679. The number of carbonyl (C=O) groups excluding carboxylic acids is 3. The summed E-state index contributed by atoms with van der Waals surface area (Å²) in [4.78, 5) is 39.6. The monoisotopic (exact) mass is 381 g/mol. The van der Waals surface area contributed by atoms with Crippen molar-refractivity contribution < 1.29 is 19.1 Å². The number of hydrogen-bond acceptors (Lipinski definition) is 4. The maximum absolute atomic E-state index is 12.5. The molecule has 1 aliphatic heterocycles. The van der Waals surface area contributed by atoms with Crippen molar-refractivity contribution in [3.63, 3.8) is 0 Å². The van der Waals surface area contributed by atoms with Gasteiger partial charge in [0.25, 0.3) is 5.91 Å². The fraction of sp³-hybridized carbons (Fsp3) is 0.500. The Kier molecular flexibility index (Phi) is 6.47. The second kappa shape index (κ2) is 8.40. The molecule has 0 unspecified atom stereocenters. The van der Waals surface area contributed by atoms with Crippen LogP contribution in [0.15, 0.2) is 24.3 Å². The first kappa shape index (κ1) is 20.0. The Labute approximate surface area is 158 Å². The van der Waals surface area contributed by atoms with Gasteiger partial charge in [0.05, 0.1) is 0 Å². The number of nitrogens with one attached hydrogen (secondary N) is 1. The number of amides is 3. The predicted octanol–water partition coefficient (Wildman–Crippen LogP) is 2.15. The summed E-state index contributed by atoms with van der Waals surface area (Å²) < 4.78 is 5.10. The van der Waals surface area contributed by atoms with E-state index in [1.165, 1.54) is 0 Å². The summed E-state index contributed by atoms with van der Waals surface area (Å²) >= 11 is 5.92. The molecule has 1 N–H and O–H groups in total. The van der Waals surface area contributed by atoms with Gasteiger partial charge in [0.15, 0.2) is 0 Å². The molecule has 3 amide bonds. The first-order chi connectivity index (χ1) is 12.2. The minimum absolute atomic E-state index is 0.105. The van der Waals surface area contributed by atoms with Crippen molar-refractivity contribution in [1.82, 2.24) is 15.1 Å². The van der Waals surface area contributed by atoms with Gasteiger partial charge in [-0.1, -0.05) is 17.7 Å². The second-order valence-electron chi connectivity index (χ2n) is 7.04. The van der Waals surface area contributed by atoms with Crippen molar-refractivity contribution >= 4 is 29.5 Å². The minimum atomic E-state index is -0.624. The molecule has 0 bridgehead atoms. The van der Waals surface area contributed by atoms with Gasteiger partial charge in [0.2, 0.25) is 5.91 Å². The van der Waals surface area contributed by atoms with E-state index in [0.29, 0.717) is 36.8 Å². The van der Waals surface area contributed by atoms with E-state index in [0.717, 1.165) is 0 Å². The quantitative estimate of drug-likeness (QED) is 0.870.